The molecule has 35 heavy (non-hydrogen) atoms. The summed E-state index contributed by atoms with van der Waals surface area (Å²) in [6, 6.07) is 15.5. The number of alkyl carbamates (subject to hydrolysis) is 1. The van der Waals surface area contributed by atoms with Gasteiger partial charge in [0.05, 0.1) is 6.04 Å². The number of amides is 1. The van der Waals surface area contributed by atoms with Gasteiger partial charge in [0, 0.05) is 48.8 Å². The number of rotatable bonds is 5. The molecule has 0 spiro atoms. The maximum Gasteiger partial charge on any atom is 0.407 e. The van der Waals surface area contributed by atoms with E-state index in [0.29, 0.717) is 18.0 Å². The third-order valence-electron chi connectivity index (χ3n) is 6.23. The number of aromatic nitrogens is 1. The summed E-state index contributed by atoms with van der Waals surface area (Å²) in [6.45, 7) is 7.06. The van der Waals surface area contributed by atoms with Crippen LogP contribution in [0.4, 0.5) is 4.79 Å². The first-order valence-corrected chi connectivity index (χ1v) is 11.9. The molecule has 2 aliphatic heterocycles. The van der Waals surface area contributed by atoms with E-state index >= 15 is 0 Å². The average Bonchev–Trinajstić information content (AvgIpc) is 3.55. The zero-order valence-electron chi connectivity index (χ0n) is 20.2. The minimum atomic E-state index is -0.551. The summed E-state index contributed by atoms with van der Waals surface area (Å²) in [4.78, 5) is 14.6. The van der Waals surface area contributed by atoms with Crippen LogP contribution in [0.15, 0.2) is 60.9 Å². The van der Waals surface area contributed by atoms with Gasteiger partial charge in [0.25, 0.3) is 0 Å². The molecule has 2 aliphatic rings. The first-order valence-electron chi connectivity index (χ1n) is 11.9. The number of carbonyl (C=O) groups is 1. The molecule has 1 amide bonds. The molecule has 2 atom stereocenters. The Labute approximate surface area is 205 Å². The first kappa shape index (κ1) is 23.1. The molecule has 0 radical (unpaired) electrons. The molecule has 3 heterocycles. The minimum Gasteiger partial charge on any atom is -0.507 e. The maximum atomic E-state index is 12.3. The molecule has 8 heteroatoms. The number of nitrogens with one attached hydrogen (secondary N) is 1. The normalized spacial score (nSPS) is 18.4. The van der Waals surface area contributed by atoms with Gasteiger partial charge in [-0.1, -0.05) is 12.1 Å². The minimum absolute atomic E-state index is 0.0531. The predicted octanol–water partition coefficient (Wildman–Crippen LogP) is 4.60. The molecule has 5 rings (SSSR count). The van der Waals surface area contributed by atoms with Gasteiger partial charge in [-0.3, -0.25) is 4.90 Å². The van der Waals surface area contributed by atoms with Crippen LogP contribution in [0.3, 0.4) is 0 Å². The van der Waals surface area contributed by atoms with Gasteiger partial charge in [-0.25, -0.2) is 4.79 Å². The van der Waals surface area contributed by atoms with Crippen molar-refractivity contribution in [2.24, 2.45) is 0 Å². The monoisotopic (exact) mass is 477 g/mol. The highest BCUT2D eigenvalue weighted by atomic mass is 16.7. The van der Waals surface area contributed by atoms with E-state index in [1.807, 2.05) is 55.9 Å². The van der Waals surface area contributed by atoms with Gasteiger partial charge in [-0.15, -0.1) is 0 Å². The molecule has 184 valence electrons. The smallest absolute Gasteiger partial charge is 0.407 e. The molecule has 1 aromatic heterocycles. The SMILES string of the molecule is CC(C)(C)OC(=O)N[C@@H]1CCN(C(c2ccc(-n3cccc3)cc2)c2cc3c(cc2O)OCO3)C1. The van der Waals surface area contributed by atoms with E-state index < -0.39 is 11.7 Å². The number of ether oxygens (including phenoxy) is 3. The van der Waals surface area contributed by atoms with Gasteiger partial charge >= 0.3 is 6.09 Å². The van der Waals surface area contributed by atoms with E-state index in [4.69, 9.17) is 14.2 Å². The van der Waals surface area contributed by atoms with Gasteiger partial charge in [-0.05, 0) is 63.1 Å². The number of nitrogens with zero attached hydrogens (tertiary/aromatic N) is 2. The molecule has 0 aliphatic carbocycles. The highest BCUT2D eigenvalue weighted by Crippen LogP contribution is 2.44. The molecule has 1 unspecified atom stereocenters. The number of fused-ring (bicyclic) bond motifs is 1. The number of hydrogen-bond acceptors (Lipinski definition) is 6. The molecule has 3 aromatic rings. The second-order valence-electron chi connectivity index (χ2n) is 9.98. The lowest BCUT2D eigenvalue weighted by molar-refractivity contribution is 0.0505. The van der Waals surface area contributed by atoms with Crippen molar-refractivity contribution in [1.82, 2.24) is 14.8 Å². The third-order valence-corrected chi connectivity index (χ3v) is 6.23. The Kier molecular flexibility index (Phi) is 6.06. The van der Waals surface area contributed by atoms with Crippen LogP contribution >= 0.6 is 0 Å². The number of phenols is 1. The van der Waals surface area contributed by atoms with Crippen molar-refractivity contribution in [2.45, 2.75) is 44.9 Å². The van der Waals surface area contributed by atoms with Gasteiger partial charge in [0.1, 0.15) is 11.4 Å². The lowest BCUT2D eigenvalue weighted by Gasteiger charge is -2.30. The van der Waals surface area contributed by atoms with Crippen molar-refractivity contribution in [3.63, 3.8) is 0 Å². The van der Waals surface area contributed by atoms with Crippen molar-refractivity contribution in [1.29, 1.82) is 0 Å². The van der Waals surface area contributed by atoms with Crippen LogP contribution in [-0.2, 0) is 4.74 Å². The fraction of sp³-hybridized carbons (Fsp3) is 0.370. The predicted molar refractivity (Wildman–Crippen MR) is 131 cm³/mol. The molecule has 8 nitrogen and oxygen atoms in total. The zero-order valence-corrected chi connectivity index (χ0v) is 20.2. The summed E-state index contributed by atoms with van der Waals surface area (Å²) in [6.07, 6.45) is 4.37. The first-order chi connectivity index (χ1) is 16.8. The highest BCUT2D eigenvalue weighted by Gasteiger charge is 2.34. The Morgan fingerprint density at radius 3 is 2.49 bits per heavy atom. The van der Waals surface area contributed by atoms with Crippen LogP contribution < -0.4 is 14.8 Å². The third kappa shape index (κ3) is 5.07. The van der Waals surface area contributed by atoms with Crippen molar-refractivity contribution >= 4 is 6.09 Å². The lowest BCUT2D eigenvalue weighted by atomic mass is 9.95. The Morgan fingerprint density at radius 2 is 1.80 bits per heavy atom. The summed E-state index contributed by atoms with van der Waals surface area (Å²) in [7, 11) is 0. The van der Waals surface area contributed by atoms with Crippen molar-refractivity contribution in [3.8, 4) is 22.9 Å². The molecular weight excluding hydrogens is 446 g/mol. The maximum absolute atomic E-state index is 12.3. The van der Waals surface area contributed by atoms with E-state index in [1.54, 1.807) is 6.07 Å². The number of benzene rings is 2. The van der Waals surface area contributed by atoms with Crippen molar-refractivity contribution in [2.75, 3.05) is 19.9 Å². The highest BCUT2D eigenvalue weighted by molar-refractivity contribution is 5.68. The number of carbonyl (C=O) groups excluding carboxylic acids is 1. The Hall–Kier alpha value is -3.65. The fourth-order valence-corrected chi connectivity index (χ4v) is 4.70. The van der Waals surface area contributed by atoms with E-state index in [2.05, 4.69) is 34.5 Å². The standard InChI is InChI=1S/C27H31N3O5/c1-27(2,3)35-26(32)28-19-10-13-30(16-19)25(21-14-23-24(15-22(21)31)34-17-33-23)18-6-8-20(9-7-18)29-11-4-5-12-29/h4-9,11-12,14-15,19,25,31H,10,13,16-17H2,1-3H3,(H,28,32)/t19-,25?/m1/s1. The summed E-state index contributed by atoms with van der Waals surface area (Å²) < 4.78 is 18.5. The number of aromatic hydroxyl groups is 1. The number of phenolic OH excluding ortho intramolecular Hbond substituents is 1. The van der Waals surface area contributed by atoms with Crippen LogP contribution in [-0.4, -0.2) is 52.2 Å². The van der Waals surface area contributed by atoms with Gasteiger partial charge in [0.15, 0.2) is 11.5 Å². The molecular formula is C27H31N3O5. The summed E-state index contributed by atoms with van der Waals surface area (Å²) in [5.74, 6) is 1.31. The summed E-state index contributed by atoms with van der Waals surface area (Å²) >= 11 is 0. The molecule has 2 N–H and O–H groups in total. The lowest BCUT2D eigenvalue weighted by Crippen LogP contribution is -2.41. The van der Waals surface area contributed by atoms with Crippen molar-refractivity contribution in [3.05, 3.63) is 72.1 Å². The molecule has 0 saturated carbocycles. The van der Waals surface area contributed by atoms with Gasteiger partial charge in [-0.2, -0.15) is 0 Å². The average molecular weight is 478 g/mol. The van der Waals surface area contributed by atoms with Crippen molar-refractivity contribution < 1.29 is 24.1 Å². The van der Waals surface area contributed by atoms with E-state index in [0.717, 1.165) is 29.8 Å². The van der Waals surface area contributed by atoms with Gasteiger partial charge in [0.2, 0.25) is 6.79 Å². The van der Waals surface area contributed by atoms with Crippen LogP contribution in [0.25, 0.3) is 5.69 Å². The fourth-order valence-electron chi connectivity index (χ4n) is 4.70. The van der Waals surface area contributed by atoms with Crippen LogP contribution in [0.1, 0.15) is 44.4 Å². The molecule has 1 fully saturated rings. The topological polar surface area (TPSA) is 85.2 Å². The molecule has 1 saturated heterocycles. The molecule has 0 bridgehead atoms. The summed E-state index contributed by atoms with van der Waals surface area (Å²) in [5, 5.41) is 13.9. The zero-order chi connectivity index (χ0) is 24.6. The van der Waals surface area contributed by atoms with Gasteiger partial charge < -0.3 is 29.2 Å². The van der Waals surface area contributed by atoms with Crippen LogP contribution in [0.2, 0.25) is 0 Å². The molecule has 2 aromatic carbocycles. The number of likely N-dealkylation sites (tertiary alicyclic amines) is 1. The Balaban J connectivity index is 1.43. The van der Waals surface area contributed by atoms with Crippen LogP contribution in [0.5, 0.6) is 17.2 Å². The quantitative estimate of drug-likeness (QED) is 0.559. The second-order valence-corrected chi connectivity index (χ2v) is 9.98. The number of hydrogen-bond donors (Lipinski definition) is 2. The second kappa shape index (κ2) is 9.19. The van der Waals surface area contributed by atoms with E-state index in [1.165, 1.54) is 0 Å². The van der Waals surface area contributed by atoms with E-state index in [9.17, 15) is 9.90 Å². The summed E-state index contributed by atoms with van der Waals surface area (Å²) in [5.41, 5.74) is 2.28. The van der Waals surface area contributed by atoms with E-state index in [-0.39, 0.29) is 24.6 Å². The Morgan fingerprint density at radius 1 is 1.11 bits per heavy atom. The van der Waals surface area contributed by atoms with Crippen LogP contribution in [0, 0.1) is 0 Å². The Bertz CT molecular complexity index is 1180. The largest absolute Gasteiger partial charge is 0.507 e.